The van der Waals surface area contributed by atoms with E-state index in [1.165, 1.54) is 0 Å². The van der Waals surface area contributed by atoms with E-state index in [0.717, 1.165) is 11.5 Å². The average molecular weight is 292 g/mol. The summed E-state index contributed by atoms with van der Waals surface area (Å²) in [5.74, 6) is -1.31. The summed E-state index contributed by atoms with van der Waals surface area (Å²) >= 11 is 7.10. The Balaban J connectivity index is 2.09. The largest absolute Gasteiger partial charge is 0.481 e. The highest BCUT2D eigenvalue weighted by Crippen LogP contribution is 2.24. The van der Waals surface area contributed by atoms with E-state index in [1.807, 2.05) is 11.8 Å². The molecule has 1 aliphatic heterocycles. The van der Waals surface area contributed by atoms with Gasteiger partial charge in [0.1, 0.15) is 10.0 Å². The van der Waals surface area contributed by atoms with E-state index >= 15 is 0 Å². The Morgan fingerprint density at radius 1 is 1.67 bits per heavy atom. The van der Waals surface area contributed by atoms with E-state index in [1.54, 1.807) is 0 Å². The monoisotopic (exact) mass is 291 g/mol. The highest BCUT2D eigenvalue weighted by atomic mass is 35.5. The highest BCUT2D eigenvalue weighted by molar-refractivity contribution is 7.10. The molecule has 0 aliphatic carbocycles. The number of carboxylic acid groups (broad SMARTS) is 1. The number of hydrogen-bond donors (Lipinski definition) is 1. The van der Waals surface area contributed by atoms with Crippen molar-refractivity contribution in [2.45, 2.75) is 19.5 Å². The first-order valence-electron chi connectivity index (χ1n) is 5.64. The number of halogens is 1. The minimum atomic E-state index is -0.821. The lowest BCUT2D eigenvalue weighted by molar-refractivity contribution is -0.143. The average Bonchev–Trinajstić information content (AvgIpc) is 2.95. The van der Waals surface area contributed by atoms with Crippen LogP contribution in [0.5, 0.6) is 0 Å². The van der Waals surface area contributed by atoms with Gasteiger partial charge >= 0.3 is 5.97 Å². The Morgan fingerprint density at radius 2 is 2.44 bits per heavy atom. The van der Waals surface area contributed by atoms with Crippen LogP contribution in [-0.4, -0.2) is 51.4 Å². The summed E-state index contributed by atoms with van der Waals surface area (Å²) in [5.41, 5.74) is 0.694. The Labute approximate surface area is 114 Å². The summed E-state index contributed by atoms with van der Waals surface area (Å²) in [6.45, 7) is 3.89. The van der Waals surface area contributed by atoms with Crippen LogP contribution in [0.2, 0.25) is 4.34 Å². The Morgan fingerprint density at radius 3 is 3.00 bits per heavy atom. The van der Waals surface area contributed by atoms with Gasteiger partial charge in [0.15, 0.2) is 0 Å². The van der Waals surface area contributed by atoms with Gasteiger partial charge in [0, 0.05) is 24.1 Å². The van der Waals surface area contributed by atoms with Crippen molar-refractivity contribution in [3.8, 4) is 0 Å². The number of hydrogen-bond acceptors (Lipinski definition) is 6. The molecule has 6 nitrogen and oxygen atoms in total. The maximum Gasteiger partial charge on any atom is 0.310 e. The second-order valence-corrected chi connectivity index (χ2v) is 5.46. The van der Waals surface area contributed by atoms with Crippen molar-refractivity contribution >= 4 is 29.1 Å². The lowest BCUT2D eigenvalue weighted by atomic mass is 10.0. The van der Waals surface area contributed by atoms with Gasteiger partial charge in [-0.1, -0.05) is 23.0 Å². The van der Waals surface area contributed by atoms with Crippen molar-refractivity contribution in [3.63, 3.8) is 0 Å². The maximum atomic E-state index is 11.1. The molecule has 1 aromatic heterocycles. The Kier molecular flexibility index (Phi) is 4.50. The SMILES string of the molecule is CCN(Cc1nnsc1Cl)C1COCC1C(=O)O. The minimum absolute atomic E-state index is 0.134. The lowest BCUT2D eigenvalue weighted by Crippen LogP contribution is -2.42. The quantitative estimate of drug-likeness (QED) is 0.876. The van der Waals surface area contributed by atoms with Crippen LogP contribution in [0, 0.1) is 5.92 Å². The highest BCUT2D eigenvalue weighted by Gasteiger charge is 2.37. The summed E-state index contributed by atoms with van der Waals surface area (Å²) in [5, 5.41) is 13.1. The van der Waals surface area contributed by atoms with Crippen LogP contribution < -0.4 is 0 Å². The molecule has 0 spiro atoms. The maximum absolute atomic E-state index is 11.1. The molecule has 1 N–H and O–H groups in total. The fourth-order valence-corrected chi connectivity index (χ4v) is 2.70. The second kappa shape index (κ2) is 5.92. The van der Waals surface area contributed by atoms with E-state index < -0.39 is 11.9 Å². The molecular formula is C10H14ClN3O3S. The van der Waals surface area contributed by atoms with Gasteiger partial charge in [-0.25, -0.2) is 0 Å². The first-order chi connectivity index (χ1) is 8.63. The van der Waals surface area contributed by atoms with E-state index in [0.29, 0.717) is 29.7 Å². The normalized spacial score (nSPS) is 23.7. The van der Waals surface area contributed by atoms with Crippen molar-refractivity contribution in [2.75, 3.05) is 19.8 Å². The topological polar surface area (TPSA) is 75.5 Å². The standard InChI is InChI=1S/C10H14ClN3O3S/c1-2-14(3-7-9(11)18-13-12-7)8-5-17-4-6(8)10(15)16/h6,8H,2-5H2,1H3,(H,15,16). The van der Waals surface area contributed by atoms with Gasteiger partial charge < -0.3 is 9.84 Å². The number of carboxylic acids is 1. The third-order valence-electron chi connectivity index (χ3n) is 3.11. The van der Waals surface area contributed by atoms with Crippen molar-refractivity contribution < 1.29 is 14.6 Å². The Bertz CT molecular complexity index is 428. The lowest BCUT2D eigenvalue weighted by Gasteiger charge is -2.28. The van der Waals surface area contributed by atoms with Gasteiger partial charge in [-0.05, 0) is 6.54 Å². The molecule has 0 aromatic carbocycles. The first kappa shape index (κ1) is 13.7. The molecule has 2 rings (SSSR count). The zero-order valence-electron chi connectivity index (χ0n) is 9.87. The van der Waals surface area contributed by atoms with Crippen molar-refractivity contribution in [1.29, 1.82) is 0 Å². The van der Waals surface area contributed by atoms with Gasteiger partial charge in [-0.3, -0.25) is 9.69 Å². The molecule has 1 aliphatic rings. The molecule has 0 amide bonds. The molecule has 1 fully saturated rings. The van der Waals surface area contributed by atoms with E-state index in [4.69, 9.17) is 21.4 Å². The molecule has 100 valence electrons. The summed E-state index contributed by atoms with van der Waals surface area (Å²) in [6, 6.07) is -0.134. The summed E-state index contributed by atoms with van der Waals surface area (Å²) in [4.78, 5) is 13.2. The van der Waals surface area contributed by atoms with Crippen LogP contribution in [0.4, 0.5) is 0 Å². The number of ether oxygens (including phenoxy) is 1. The van der Waals surface area contributed by atoms with Crippen molar-refractivity contribution in [2.24, 2.45) is 5.92 Å². The van der Waals surface area contributed by atoms with Crippen LogP contribution >= 0.6 is 23.1 Å². The van der Waals surface area contributed by atoms with E-state index in [2.05, 4.69) is 9.59 Å². The van der Waals surface area contributed by atoms with E-state index in [-0.39, 0.29) is 12.6 Å². The Hall–Kier alpha value is -0.760. The number of nitrogens with zero attached hydrogens (tertiary/aromatic N) is 3. The molecule has 0 radical (unpaired) electrons. The zero-order valence-corrected chi connectivity index (χ0v) is 11.4. The fraction of sp³-hybridized carbons (Fsp3) is 0.700. The van der Waals surface area contributed by atoms with Gasteiger partial charge in [-0.2, -0.15) is 0 Å². The molecule has 2 atom stereocenters. The van der Waals surface area contributed by atoms with E-state index in [9.17, 15) is 4.79 Å². The molecule has 0 saturated carbocycles. The van der Waals surface area contributed by atoms with Crippen LogP contribution in [0.3, 0.4) is 0 Å². The third-order valence-corrected chi connectivity index (χ3v) is 4.09. The summed E-state index contributed by atoms with van der Waals surface area (Å²) in [6.07, 6.45) is 0. The number of aromatic nitrogens is 2. The third kappa shape index (κ3) is 2.80. The van der Waals surface area contributed by atoms with Gasteiger partial charge in [0.2, 0.25) is 0 Å². The number of rotatable bonds is 5. The number of likely N-dealkylation sites (N-methyl/N-ethyl adjacent to an activating group) is 1. The zero-order chi connectivity index (χ0) is 13.1. The number of carbonyl (C=O) groups is 1. The summed E-state index contributed by atoms with van der Waals surface area (Å²) in [7, 11) is 0. The molecule has 0 bridgehead atoms. The van der Waals surface area contributed by atoms with Crippen LogP contribution in [0.1, 0.15) is 12.6 Å². The predicted molar refractivity (Wildman–Crippen MR) is 66.7 cm³/mol. The molecular weight excluding hydrogens is 278 g/mol. The molecule has 8 heteroatoms. The number of aliphatic carboxylic acids is 1. The smallest absolute Gasteiger partial charge is 0.310 e. The minimum Gasteiger partial charge on any atom is -0.481 e. The van der Waals surface area contributed by atoms with Crippen molar-refractivity contribution in [3.05, 3.63) is 10.0 Å². The molecule has 2 heterocycles. The molecule has 1 saturated heterocycles. The fourth-order valence-electron chi connectivity index (χ4n) is 2.09. The van der Waals surface area contributed by atoms with Crippen LogP contribution in [-0.2, 0) is 16.1 Å². The van der Waals surface area contributed by atoms with Gasteiger partial charge in [-0.15, -0.1) is 5.10 Å². The second-order valence-electron chi connectivity index (χ2n) is 4.11. The van der Waals surface area contributed by atoms with Crippen molar-refractivity contribution in [1.82, 2.24) is 14.5 Å². The molecule has 18 heavy (non-hydrogen) atoms. The van der Waals surface area contributed by atoms with Gasteiger partial charge in [0.05, 0.1) is 19.1 Å². The van der Waals surface area contributed by atoms with Crippen LogP contribution in [0.25, 0.3) is 0 Å². The predicted octanol–water partition coefficient (Wildman–Crippen LogP) is 1.11. The van der Waals surface area contributed by atoms with Crippen LogP contribution in [0.15, 0.2) is 0 Å². The molecule has 2 unspecified atom stereocenters. The summed E-state index contributed by atoms with van der Waals surface area (Å²) < 4.78 is 9.60. The molecule has 1 aromatic rings. The van der Waals surface area contributed by atoms with Gasteiger partial charge in [0.25, 0.3) is 0 Å². The first-order valence-corrected chi connectivity index (χ1v) is 6.80.